The summed E-state index contributed by atoms with van der Waals surface area (Å²) in [4.78, 5) is 11.7. The largest absolute Gasteiger partial charge is 0.509 e. The Labute approximate surface area is 149 Å². The van der Waals surface area contributed by atoms with Gasteiger partial charge in [0.25, 0.3) is 0 Å². The maximum absolute atomic E-state index is 11.7. The molecule has 0 saturated carbocycles. The van der Waals surface area contributed by atoms with E-state index in [0.29, 0.717) is 6.42 Å². The van der Waals surface area contributed by atoms with Gasteiger partial charge in [-0.25, -0.2) is 4.79 Å². The number of ether oxygens (including phenoxy) is 3. The van der Waals surface area contributed by atoms with Crippen LogP contribution in [-0.4, -0.2) is 37.3 Å². The van der Waals surface area contributed by atoms with Crippen molar-refractivity contribution >= 4 is 22.1 Å². The van der Waals surface area contributed by atoms with Gasteiger partial charge in [-0.2, -0.15) is 5.01 Å². The molecule has 0 aliphatic carbocycles. The van der Waals surface area contributed by atoms with E-state index in [2.05, 4.69) is 31.7 Å². The van der Waals surface area contributed by atoms with Crippen molar-refractivity contribution in [2.24, 2.45) is 0 Å². The minimum atomic E-state index is -0.664. The number of hydrogen-bond acceptors (Lipinski definition) is 7. The third-order valence-corrected chi connectivity index (χ3v) is 4.67. The second-order valence-electron chi connectivity index (χ2n) is 5.45. The number of hydrazine groups is 1. The first kappa shape index (κ1) is 17.1. The lowest BCUT2D eigenvalue weighted by molar-refractivity contribution is -0.0539. The van der Waals surface area contributed by atoms with Crippen LogP contribution in [0.2, 0.25) is 0 Å². The van der Waals surface area contributed by atoms with E-state index in [1.165, 1.54) is 0 Å². The summed E-state index contributed by atoms with van der Waals surface area (Å²) in [5.74, 6) is 0.803. The van der Waals surface area contributed by atoms with E-state index in [-0.39, 0.29) is 18.8 Å². The van der Waals surface area contributed by atoms with E-state index in [4.69, 9.17) is 14.2 Å². The summed E-state index contributed by atoms with van der Waals surface area (Å²) in [6.45, 7) is 2.03. The summed E-state index contributed by atoms with van der Waals surface area (Å²) < 4.78 is 16.4. The summed E-state index contributed by atoms with van der Waals surface area (Å²) in [6.07, 6.45) is 1.23. The molecule has 3 atom stereocenters. The highest BCUT2D eigenvalue weighted by Gasteiger charge is 2.41. The first-order chi connectivity index (χ1) is 11.6. The quantitative estimate of drug-likeness (QED) is 0.756. The Bertz CT molecular complexity index is 622. The molecule has 0 amide bonds. The third kappa shape index (κ3) is 3.50. The van der Waals surface area contributed by atoms with Gasteiger partial charge in [0.1, 0.15) is 11.9 Å². The van der Waals surface area contributed by atoms with E-state index >= 15 is 0 Å². The normalized spacial score (nSPS) is 26.1. The summed E-state index contributed by atoms with van der Waals surface area (Å²) in [5, 5.41) is 5.36. The first-order valence-electron chi connectivity index (χ1n) is 7.76. The number of carbonyl (C=O) groups excluding carboxylic acids is 1. The molecule has 1 saturated heterocycles. The number of halogens is 1. The van der Waals surface area contributed by atoms with Gasteiger partial charge in [-0.05, 0) is 24.6 Å². The monoisotopic (exact) mass is 397 g/mol. The Morgan fingerprint density at radius 1 is 1.38 bits per heavy atom. The van der Waals surface area contributed by atoms with Gasteiger partial charge in [0.2, 0.25) is 0 Å². The van der Waals surface area contributed by atoms with Gasteiger partial charge in [0.05, 0.1) is 19.8 Å². The molecule has 130 valence electrons. The fourth-order valence-corrected chi connectivity index (χ4v) is 3.34. The van der Waals surface area contributed by atoms with Crippen LogP contribution in [0.3, 0.4) is 0 Å². The average molecular weight is 398 g/mol. The standard InChI is InChI=1S/C16H20BrN3O4/c1-3-23-16(21)24-14-8-13(10-4-6-11(22-2)7-5-10)20-15(19-14)12(17)9-18-20/h4-7,9,13-15,18-19H,3,8H2,1-2H3. The van der Waals surface area contributed by atoms with Crippen LogP contribution in [0.25, 0.3) is 0 Å². The second kappa shape index (κ2) is 7.42. The zero-order valence-electron chi connectivity index (χ0n) is 13.5. The first-order valence-corrected chi connectivity index (χ1v) is 8.55. The molecule has 8 heteroatoms. The molecular weight excluding hydrogens is 378 g/mol. The van der Waals surface area contributed by atoms with Crippen LogP contribution in [0.4, 0.5) is 4.79 Å². The molecule has 7 nitrogen and oxygen atoms in total. The lowest BCUT2D eigenvalue weighted by atomic mass is 9.99. The molecule has 1 aromatic carbocycles. The van der Waals surface area contributed by atoms with Crippen LogP contribution in [0.15, 0.2) is 34.9 Å². The molecule has 3 unspecified atom stereocenters. The SMILES string of the molecule is CCOC(=O)OC1CC(c2ccc(OC)cc2)N2NC=C(Br)C2N1. The number of hydrogen-bond donors (Lipinski definition) is 2. The second-order valence-corrected chi connectivity index (χ2v) is 6.36. The highest BCUT2D eigenvalue weighted by atomic mass is 79.9. The maximum Gasteiger partial charge on any atom is 0.509 e. The van der Waals surface area contributed by atoms with Crippen LogP contribution < -0.4 is 15.5 Å². The van der Waals surface area contributed by atoms with Gasteiger partial charge in [0.15, 0.2) is 6.23 Å². The van der Waals surface area contributed by atoms with Crippen molar-refractivity contribution in [3.05, 3.63) is 40.5 Å². The zero-order valence-corrected chi connectivity index (χ0v) is 15.1. The number of fused-ring (bicyclic) bond motifs is 1. The van der Waals surface area contributed by atoms with Gasteiger partial charge in [-0.15, -0.1) is 0 Å². The smallest absolute Gasteiger partial charge is 0.497 e. The molecule has 1 aromatic rings. The molecule has 24 heavy (non-hydrogen) atoms. The fourth-order valence-electron chi connectivity index (χ4n) is 2.89. The molecular formula is C16H20BrN3O4. The fraction of sp³-hybridized carbons (Fsp3) is 0.438. The van der Waals surface area contributed by atoms with Gasteiger partial charge in [0, 0.05) is 17.1 Å². The van der Waals surface area contributed by atoms with Crippen LogP contribution in [-0.2, 0) is 9.47 Å². The third-order valence-electron chi connectivity index (χ3n) is 4.01. The topological polar surface area (TPSA) is 72.1 Å². The molecule has 2 heterocycles. The highest BCUT2D eigenvalue weighted by Crippen LogP contribution is 2.36. The van der Waals surface area contributed by atoms with E-state index in [1.54, 1.807) is 14.0 Å². The number of methoxy groups -OCH3 is 1. The van der Waals surface area contributed by atoms with Crippen molar-refractivity contribution in [1.29, 1.82) is 0 Å². The number of carbonyl (C=O) groups is 1. The number of rotatable bonds is 4. The molecule has 0 spiro atoms. The zero-order chi connectivity index (χ0) is 17.1. The Kier molecular flexibility index (Phi) is 5.27. The lowest BCUT2D eigenvalue weighted by Crippen LogP contribution is -2.58. The van der Waals surface area contributed by atoms with Crippen LogP contribution in [0.5, 0.6) is 5.75 Å². The Morgan fingerprint density at radius 2 is 2.12 bits per heavy atom. The molecule has 3 rings (SSSR count). The van der Waals surface area contributed by atoms with Crippen molar-refractivity contribution in [3.8, 4) is 5.75 Å². The Balaban J connectivity index is 1.79. The van der Waals surface area contributed by atoms with E-state index in [1.807, 2.05) is 30.5 Å². The summed E-state index contributed by atoms with van der Waals surface area (Å²) in [7, 11) is 1.64. The predicted molar refractivity (Wildman–Crippen MR) is 91.2 cm³/mol. The van der Waals surface area contributed by atoms with E-state index < -0.39 is 12.4 Å². The Morgan fingerprint density at radius 3 is 2.79 bits per heavy atom. The summed E-state index contributed by atoms with van der Waals surface area (Å²) in [5.41, 5.74) is 4.34. The molecule has 2 aliphatic heterocycles. The molecule has 0 bridgehead atoms. The van der Waals surface area contributed by atoms with Crippen molar-refractivity contribution in [3.63, 3.8) is 0 Å². The molecule has 0 aromatic heterocycles. The molecule has 2 aliphatic rings. The highest BCUT2D eigenvalue weighted by molar-refractivity contribution is 9.11. The lowest BCUT2D eigenvalue weighted by Gasteiger charge is -2.41. The van der Waals surface area contributed by atoms with Crippen molar-refractivity contribution < 1.29 is 19.0 Å². The van der Waals surface area contributed by atoms with Crippen LogP contribution >= 0.6 is 15.9 Å². The van der Waals surface area contributed by atoms with Crippen LogP contribution in [0.1, 0.15) is 24.9 Å². The van der Waals surface area contributed by atoms with Crippen molar-refractivity contribution in [2.45, 2.75) is 31.8 Å². The number of benzene rings is 1. The minimum absolute atomic E-state index is 0.0212. The molecule has 1 fully saturated rings. The average Bonchev–Trinajstić information content (AvgIpc) is 2.96. The summed E-state index contributed by atoms with van der Waals surface area (Å²) >= 11 is 3.53. The van der Waals surface area contributed by atoms with E-state index in [0.717, 1.165) is 15.8 Å². The van der Waals surface area contributed by atoms with Gasteiger partial charge < -0.3 is 19.6 Å². The minimum Gasteiger partial charge on any atom is -0.497 e. The van der Waals surface area contributed by atoms with Gasteiger partial charge >= 0.3 is 6.16 Å². The predicted octanol–water partition coefficient (Wildman–Crippen LogP) is 2.61. The molecule has 2 N–H and O–H groups in total. The van der Waals surface area contributed by atoms with E-state index in [9.17, 15) is 4.79 Å². The molecule has 0 radical (unpaired) electrons. The van der Waals surface area contributed by atoms with Gasteiger partial charge in [-0.3, -0.25) is 5.32 Å². The number of nitrogens with one attached hydrogen (secondary N) is 2. The van der Waals surface area contributed by atoms with Crippen LogP contribution in [0, 0.1) is 0 Å². The van der Waals surface area contributed by atoms with Gasteiger partial charge in [-0.1, -0.05) is 28.1 Å². The van der Waals surface area contributed by atoms with Crippen molar-refractivity contribution in [2.75, 3.05) is 13.7 Å². The van der Waals surface area contributed by atoms with Crippen molar-refractivity contribution in [1.82, 2.24) is 15.8 Å². The summed E-state index contributed by atoms with van der Waals surface area (Å²) in [6, 6.07) is 7.90. The Hall–Kier alpha value is -1.77. The number of nitrogens with zero attached hydrogens (tertiary/aromatic N) is 1. The maximum atomic E-state index is 11.7.